The molecule has 0 fully saturated rings. The summed E-state index contributed by atoms with van der Waals surface area (Å²) in [5.41, 5.74) is 1.38. The summed E-state index contributed by atoms with van der Waals surface area (Å²) in [4.78, 5) is 12.5. The molecule has 0 saturated heterocycles. The van der Waals surface area contributed by atoms with Crippen molar-refractivity contribution in [1.29, 1.82) is 0 Å². The van der Waals surface area contributed by atoms with Crippen molar-refractivity contribution in [2.75, 3.05) is 0 Å². The normalized spacial score (nSPS) is 10.2. The second kappa shape index (κ2) is 5.05. The monoisotopic (exact) mass is 248 g/mol. The van der Waals surface area contributed by atoms with Crippen LogP contribution in [0.5, 0.6) is 0 Å². The van der Waals surface area contributed by atoms with Crippen LogP contribution < -0.4 is 5.32 Å². The number of aryl methyl sites for hydroxylation is 1. The van der Waals surface area contributed by atoms with Crippen LogP contribution in [0.4, 0.5) is 0 Å². The molecule has 2 rings (SSSR count). The number of nitrogens with one attached hydrogen (secondary N) is 1. The van der Waals surface area contributed by atoms with Crippen LogP contribution >= 0.6 is 12.6 Å². The van der Waals surface area contributed by atoms with Gasteiger partial charge in [0.25, 0.3) is 5.91 Å². The number of carbonyl (C=O) groups excluding carboxylic acids is 1. The molecule has 0 radical (unpaired) electrons. The van der Waals surface area contributed by atoms with Gasteiger partial charge < -0.3 is 9.84 Å². The van der Waals surface area contributed by atoms with E-state index < -0.39 is 0 Å². The maximum Gasteiger partial charge on any atom is 0.251 e. The summed E-state index contributed by atoms with van der Waals surface area (Å²) >= 11 is 4.18. The molecule has 1 aromatic heterocycles. The lowest BCUT2D eigenvalue weighted by molar-refractivity contribution is 0.0947. The quantitative estimate of drug-likeness (QED) is 0.819. The predicted octanol–water partition coefficient (Wildman–Crippen LogP) is 2.20. The van der Waals surface area contributed by atoms with Crippen molar-refractivity contribution >= 4 is 18.5 Å². The fourth-order valence-electron chi connectivity index (χ4n) is 1.42. The lowest BCUT2D eigenvalue weighted by Crippen LogP contribution is -2.22. The maximum atomic E-state index is 11.8. The highest BCUT2D eigenvalue weighted by molar-refractivity contribution is 7.80. The molecule has 0 aliphatic heterocycles. The Bertz CT molecular complexity index is 537. The minimum atomic E-state index is -0.157. The minimum absolute atomic E-state index is 0.157. The first kappa shape index (κ1) is 11.7. The van der Waals surface area contributed by atoms with Crippen molar-refractivity contribution in [1.82, 2.24) is 10.5 Å². The third kappa shape index (κ3) is 3.10. The number of aromatic nitrogens is 1. The Balaban J connectivity index is 1.98. The van der Waals surface area contributed by atoms with Gasteiger partial charge in [-0.05, 0) is 25.1 Å². The van der Waals surface area contributed by atoms with Crippen LogP contribution in [0.3, 0.4) is 0 Å². The molecule has 0 aliphatic carbocycles. The zero-order valence-electron chi connectivity index (χ0n) is 9.30. The maximum absolute atomic E-state index is 11.8. The first-order valence-electron chi connectivity index (χ1n) is 5.14. The zero-order valence-corrected chi connectivity index (χ0v) is 10.2. The standard InChI is InChI=1S/C12H12N2O2S/c1-8-5-10(16-14-8)7-13-12(15)9-3-2-4-11(17)6-9/h2-6,17H,7H2,1H3,(H,13,15). The minimum Gasteiger partial charge on any atom is -0.359 e. The van der Waals surface area contributed by atoms with Crippen molar-refractivity contribution in [3.63, 3.8) is 0 Å². The Morgan fingerprint density at radius 3 is 2.94 bits per heavy atom. The second-order valence-electron chi connectivity index (χ2n) is 3.67. The van der Waals surface area contributed by atoms with E-state index >= 15 is 0 Å². The van der Waals surface area contributed by atoms with E-state index in [1.165, 1.54) is 0 Å². The van der Waals surface area contributed by atoms with Gasteiger partial charge in [0.05, 0.1) is 12.2 Å². The molecule has 0 aliphatic rings. The SMILES string of the molecule is Cc1cc(CNC(=O)c2cccc(S)c2)on1. The van der Waals surface area contributed by atoms with Crippen LogP contribution in [0.1, 0.15) is 21.8 Å². The summed E-state index contributed by atoms with van der Waals surface area (Å²) in [6, 6.07) is 8.84. The van der Waals surface area contributed by atoms with E-state index in [1.807, 2.05) is 13.0 Å². The summed E-state index contributed by atoms with van der Waals surface area (Å²) in [7, 11) is 0. The summed E-state index contributed by atoms with van der Waals surface area (Å²) in [5.74, 6) is 0.479. The third-order valence-electron chi connectivity index (χ3n) is 2.21. The van der Waals surface area contributed by atoms with Crippen LogP contribution in [0.25, 0.3) is 0 Å². The Kier molecular flexibility index (Phi) is 3.49. The molecule has 2 aromatic rings. The van der Waals surface area contributed by atoms with Gasteiger partial charge in [-0.25, -0.2) is 0 Å². The van der Waals surface area contributed by atoms with Gasteiger partial charge in [-0.1, -0.05) is 11.2 Å². The lowest BCUT2D eigenvalue weighted by atomic mass is 10.2. The van der Waals surface area contributed by atoms with Crippen molar-refractivity contribution in [2.45, 2.75) is 18.4 Å². The lowest BCUT2D eigenvalue weighted by Gasteiger charge is -2.03. The molecule has 1 aromatic carbocycles. The number of hydrogen-bond acceptors (Lipinski definition) is 4. The van der Waals surface area contributed by atoms with Crippen LogP contribution in [-0.4, -0.2) is 11.1 Å². The molecule has 1 amide bonds. The Morgan fingerprint density at radius 2 is 2.29 bits per heavy atom. The fourth-order valence-corrected chi connectivity index (χ4v) is 1.64. The first-order chi connectivity index (χ1) is 8.15. The second-order valence-corrected chi connectivity index (χ2v) is 4.18. The fraction of sp³-hybridized carbons (Fsp3) is 0.167. The van der Waals surface area contributed by atoms with Crippen LogP contribution in [0.15, 0.2) is 39.8 Å². The number of nitrogens with zero attached hydrogens (tertiary/aromatic N) is 1. The van der Waals surface area contributed by atoms with Crippen LogP contribution in [0, 0.1) is 6.92 Å². The zero-order chi connectivity index (χ0) is 12.3. The van der Waals surface area contributed by atoms with Crippen LogP contribution in [0.2, 0.25) is 0 Å². The van der Waals surface area contributed by atoms with Gasteiger partial charge in [0.15, 0.2) is 5.76 Å². The molecule has 5 heteroatoms. The summed E-state index contributed by atoms with van der Waals surface area (Å²) in [6.45, 7) is 2.16. The summed E-state index contributed by atoms with van der Waals surface area (Å²) < 4.78 is 4.99. The van der Waals surface area contributed by atoms with Gasteiger partial charge in [0, 0.05) is 16.5 Å². The van der Waals surface area contributed by atoms with Crippen molar-refractivity contribution in [2.24, 2.45) is 0 Å². The van der Waals surface area contributed by atoms with Gasteiger partial charge >= 0.3 is 0 Å². The van der Waals surface area contributed by atoms with Crippen molar-refractivity contribution < 1.29 is 9.32 Å². The molecule has 0 saturated carbocycles. The molecular formula is C12H12N2O2S. The highest BCUT2D eigenvalue weighted by Crippen LogP contribution is 2.09. The van der Waals surface area contributed by atoms with E-state index in [-0.39, 0.29) is 5.91 Å². The molecule has 17 heavy (non-hydrogen) atoms. The van der Waals surface area contributed by atoms with E-state index in [9.17, 15) is 4.79 Å². The topological polar surface area (TPSA) is 55.1 Å². The van der Waals surface area contributed by atoms with Crippen molar-refractivity contribution in [3.8, 4) is 0 Å². The van der Waals surface area contributed by atoms with E-state index in [2.05, 4.69) is 23.1 Å². The van der Waals surface area contributed by atoms with E-state index in [1.54, 1.807) is 24.3 Å². The molecular weight excluding hydrogens is 236 g/mol. The number of amides is 1. The third-order valence-corrected chi connectivity index (χ3v) is 2.49. The van der Waals surface area contributed by atoms with E-state index in [0.29, 0.717) is 17.9 Å². The first-order valence-corrected chi connectivity index (χ1v) is 5.59. The van der Waals surface area contributed by atoms with Gasteiger partial charge in [-0.3, -0.25) is 4.79 Å². The van der Waals surface area contributed by atoms with Crippen LogP contribution in [-0.2, 0) is 6.54 Å². The number of carbonyl (C=O) groups is 1. The van der Waals surface area contributed by atoms with Gasteiger partial charge in [-0.15, -0.1) is 12.6 Å². The molecule has 88 valence electrons. The Morgan fingerprint density at radius 1 is 1.47 bits per heavy atom. The average Bonchev–Trinajstić information content (AvgIpc) is 2.72. The summed E-state index contributed by atoms with van der Waals surface area (Å²) in [5, 5.41) is 6.49. The van der Waals surface area contributed by atoms with E-state index in [4.69, 9.17) is 4.52 Å². The molecule has 1 heterocycles. The average molecular weight is 248 g/mol. The highest BCUT2D eigenvalue weighted by atomic mass is 32.1. The molecule has 1 N–H and O–H groups in total. The number of benzene rings is 1. The summed E-state index contributed by atoms with van der Waals surface area (Å²) in [6.07, 6.45) is 0. The molecule has 0 bridgehead atoms. The molecule has 0 spiro atoms. The predicted molar refractivity (Wildman–Crippen MR) is 66.1 cm³/mol. The Labute approximate surface area is 104 Å². The molecule has 4 nitrogen and oxygen atoms in total. The number of hydrogen-bond donors (Lipinski definition) is 2. The van der Waals surface area contributed by atoms with Crippen molar-refractivity contribution in [3.05, 3.63) is 47.3 Å². The smallest absolute Gasteiger partial charge is 0.251 e. The van der Waals surface area contributed by atoms with Gasteiger partial charge in [-0.2, -0.15) is 0 Å². The van der Waals surface area contributed by atoms with E-state index in [0.717, 1.165) is 10.6 Å². The Hall–Kier alpha value is -1.75. The molecule has 0 unspecified atom stereocenters. The largest absolute Gasteiger partial charge is 0.359 e. The molecule has 0 atom stereocenters. The number of rotatable bonds is 3. The highest BCUT2D eigenvalue weighted by Gasteiger charge is 2.07. The number of thiol groups is 1. The van der Waals surface area contributed by atoms with Gasteiger partial charge in [0.2, 0.25) is 0 Å². The van der Waals surface area contributed by atoms with Gasteiger partial charge in [0.1, 0.15) is 0 Å².